The fraction of sp³-hybridized carbons (Fsp3) is 1.00. The van der Waals surface area contributed by atoms with E-state index in [2.05, 4.69) is 5.32 Å². The summed E-state index contributed by atoms with van der Waals surface area (Å²) in [6.07, 6.45) is 7.04. The van der Waals surface area contributed by atoms with Crippen LogP contribution in [0.2, 0.25) is 0 Å². The highest BCUT2D eigenvalue weighted by Gasteiger charge is 2.52. The molecular formula is C12H20FN. The molecule has 1 aliphatic carbocycles. The number of halogens is 1. The van der Waals surface area contributed by atoms with Crippen molar-refractivity contribution in [1.29, 1.82) is 0 Å². The average molecular weight is 197 g/mol. The van der Waals surface area contributed by atoms with Gasteiger partial charge in [0.25, 0.3) is 0 Å². The molecule has 80 valence electrons. The lowest BCUT2D eigenvalue weighted by Gasteiger charge is -2.47. The van der Waals surface area contributed by atoms with Gasteiger partial charge < -0.3 is 5.32 Å². The van der Waals surface area contributed by atoms with Crippen LogP contribution in [0, 0.1) is 11.8 Å². The molecule has 0 spiro atoms. The van der Waals surface area contributed by atoms with Crippen molar-refractivity contribution in [2.75, 3.05) is 0 Å². The van der Waals surface area contributed by atoms with E-state index in [1.54, 1.807) is 0 Å². The zero-order valence-electron chi connectivity index (χ0n) is 8.93. The standard InChI is InChI=1S/C12H20FN/c1-12(13)7-9-5-6-10(14-9)11(12)8-3-2-4-8/h8-11,14H,2-7H2,1H3. The summed E-state index contributed by atoms with van der Waals surface area (Å²) in [4.78, 5) is 0. The number of hydrogen-bond acceptors (Lipinski definition) is 1. The predicted molar refractivity (Wildman–Crippen MR) is 54.9 cm³/mol. The van der Waals surface area contributed by atoms with Crippen molar-refractivity contribution in [2.24, 2.45) is 11.8 Å². The molecule has 1 saturated carbocycles. The molecule has 0 aromatic rings. The molecular weight excluding hydrogens is 177 g/mol. The average Bonchev–Trinajstić information content (AvgIpc) is 2.38. The molecule has 2 bridgehead atoms. The van der Waals surface area contributed by atoms with Gasteiger partial charge in [-0.2, -0.15) is 0 Å². The van der Waals surface area contributed by atoms with Gasteiger partial charge in [-0.25, -0.2) is 4.39 Å². The minimum atomic E-state index is -0.887. The first-order valence-electron chi connectivity index (χ1n) is 6.12. The number of rotatable bonds is 1. The lowest BCUT2D eigenvalue weighted by atomic mass is 9.65. The van der Waals surface area contributed by atoms with Gasteiger partial charge in [-0.05, 0) is 44.9 Å². The van der Waals surface area contributed by atoms with E-state index in [1.807, 2.05) is 6.92 Å². The minimum absolute atomic E-state index is 0.315. The molecule has 0 amide bonds. The third-order valence-corrected chi connectivity index (χ3v) is 4.71. The molecule has 4 unspecified atom stereocenters. The van der Waals surface area contributed by atoms with E-state index in [0.29, 0.717) is 23.9 Å². The molecule has 2 saturated heterocycles. The molecule has 0 aromatic carbocycles. The normalized spacial score (nSPS) is 53.1. The molecule has 4 atom stereocenters. The predicted octanol–water partition coefficient (Wildman–Crippen LogP) is 2.66. The second-order valence-electron chi connectivity index (χ2n) is 5.75. The maximum absolute atomic E-state index is 14.5. The van der Waals surface area contributed by atoms with E-state index >= 15 is 0 Å². The van der Waals surface area contributed by atoms with Crippen molar-refractivity contribution in [3.63, 3.8) is 0 Å². The van der Waals surface area contributed by atoms with Crippen LogP contribution in [0.5, 0.6) is 0 Å². The Bertz CT molecular complexity index is 234. The Hall–Kier alpha value is -0.110. The van der Waals surface area contributed by atoms with Crippen molar-refractivity contribution in [1.82, 2.24) is 5.32 Å². The van der Waals surface area contributed by atoms with E-state index in [1.165, 1.54) is 32.1 Å². The molecule has 3 rings (SSSR count). The molecule has 3 fully saturated rings. The van der Waals surface area contributed by atoms with Gasteiger partial charge in [0.05, 0.1) is 0 Å². The van der Waals surface area contributed by atoms with Crippen LogP contribution in [-0.2, 0) is 0 Å². The number of hydrogen-bond donors (Lipinski definition) is 1. The van der Waals surface area contributed by atoms with Gasteiger partial charge in [0.15, 0.2) is 0 Å². The summed E-state index contributed by atoms with van der Waals surface area (Å²) in [7, 11) is 0. The van der Waals surface area contributed by atoms with Gasteiger partial charge in [-0.15, -0.1) is 0 Å². The van der Waals surface area contributed by atoms with Crippen LogP contribution in [0.15, 0.2) is 0 Å². The Labute approximate surface area is 85.5 Å². The number of piperidine rings is 1. The Balaban J connectivity index is 1.83. The first-order valence-corrected chi connectivity index (χ1v) is 6.12. The summed E-state index contributed by atoms with van der Waals surface area (Å²) in [5.74, 6) is 0.997. The summed E-state index contributed by atoms with van der Waals surface area (Å²) < 4.78 is 14.5. The van der Waals surface area contributed by atoms with Gasteiger partial charge in [-0.1, -0.05) is 6.42 Å². The molecule has 3 aliphatic rings. The fourth-order valence-corrected chi connectivity index (χ4v) is 3.95. The van der Waals surface area contributed by atoms with Crippen molar-refractivity contribution >= 4 is 0 Å². The second-order valence-corrected chi connectivity index (χ2v) is 5.75. The fourth-order valence-electron chi connectivity index (χ4n) is 3.95. The Morgan fingerprint density at radius 1 is 1.21 bits per heavy atom. The minimum Gasteiger partial charge on any atom is -0.311 e. The van der Waals surface area contributed by atoms with E-state index in [0.717, 1.165) is 6.42 Å². The molecule has 2 aliphatic heterocycles. The molecule has 1 nitrogen and oxygen atoms in total. The molecule has 0 aromatic heterocycles. The van der Waals surface area contributed by atoms with Gasteiger partial charge >= 0.3 is 0 Å². The van der Waals surface area contributed by atoms with Crippen molar-refractivity contribution < 1.29 is 4.39 Å². The van der Waals surface area contributed by atoms with Gasteiger partial charge in [0.1, 0.15) is 5.67 Å². The van der Waals surface area contributed by atoms with E-state index in [4.69, 9.17) is 0 Å². The van der Waals surface area contributed by atoms with Gasteiger partial charge in [-0.3, -0.25) is 0 Å². The summed E-state index contributed by atoms with van der Waals surface area (Å²) in [6.45, 7) is 1.85. The van der Waals surface area contributed by atoms with Crippen molar-refractivity contribution in [3.8, 4) is 0 Å². The lowest BCUT2D eigenvalue weighted by Crippen LogP contribution is -2.56. The van der Waals surface area contributed by atoms with Gasteiger partial charge in [0.2, 0.25) is 0 Å². The lowest BCUT2D eigenvalue weighted by molar-refractivity contribution is -0.0210. The molecule has 14 heavy (non-hydrogen) atoms. The first-order chi connectivity index (χ1) is 6.67. The number of alkyl halides is 1. The van der Waals surface area contributed by atoms with Crippen LogP contribution >= 0.6 is 0 Å². The smallest absolute Gasteiger partial charge is 0.114 e. The molecule has 1 N–H and O–H groups in total. The maximum atomic E-state index is 14.5. The van der Waals surface area contributed by atoms with Crippen molar-refractivity contribution in [3.05, 3.63) is 0 Å². The zero-order chi connectivity index (χ0) is 9.76. The number of fused-ring (bicyclic) bond motifs is 2. The van der Waals surface area contributed by atoms with Crippen LogP contribution in [0.4, 0.5) is 4.39 Å². The van der Waals surface area contributed by atoms with Crippen LogP contribution in [0.3, 0.4) is 0 Å². The highest BCUT2D eigenvalue weighted by atomic mass is 19.1. The summed E-state index contributed by atoms with van der Waals surface area (Å²) in [5, 5.41) is 3.61. The summed E-state index contributed by atoms with van der Waals surface area (Å²) in [6, 6.07) is 0.973. The summed E-state index contributed by atoms with van der Waals surface area (Å²) in [5.41, 5.74) is -0.887. The Morgan fingerprint density at radius 3 is 2.64 bits per heavy atom. The van der Waals surface area contributed by atoms with Gasteiger partial charge in [0, 0.05) is 18.0 Å². The highest BCUT2D eigenvalue weighted by molar-refractivity contribution is 5.06. The van der Waals surface area contributed by atoms with Crippen LogP contribution < -0.4 is 5.32 Å². The van der Waals surface area contributed by atoms with Crippen LogP contribution in [0.25, 0.3) is 0 Å². The number of nitrogens with one attached hydrogen (secondary N) is 1. The maximum Gasteiger partial charge on any atom is 0.114 e. The molecule has 0 radical (unpaired) electrons. The Morgan fingerprint density at radius 2 is 2.00 bits per heavy atom. The van der Waals surface area contributed by atoms with Crippen LogP contribution in [-0.4, -0.2) is 17.8 Å². The Kier molecular flexibility index (Phi) is 1.92. The third-order valence-electron chi connectivity index (χ3n) is 4.71. The highest BCUT2D eigenvalue weighted by Crippen LogP contribution is 2.49. The third kappa shape index (κ3) is 1.23. The van der Waals surface area contributed by atoms with E-state index in [9.17, 15) is 4.39 Å². The molecule has 2 heterocycles. The van der Waals surface area contributed by atoms with Crippen molar-refractivity contribution in [2.45, 2.75) is 63.2 Å². The van der Waals surface area contributed by atoms with E-state index < -0.39 is 5.67 Å². The largest absolute Gasteiger partial charge is 0.311 e. The topological polar surface area (TPSA) is 12.0 Å². The zero-order valence-corrected chi connectivity index (χ0v) is 8.93. The quantitative estimate of drug-likeness (QED) is 0.681. The van der Waals surface area contributed by atoms with Crippen LogP contribution in [0.1, 0.15) is 45.4 Å². The molecule has 2 heteroatoms. The monoisotopic (exact) mass is 197 g/mol. The first kappa shape index (κ1) is 9.14. The SMILES string of the molecule is CC1(F)CC2CCC(N2)C1C1CCC1. The summed E-state index contributed by atoms with van der Waals surface area (Å²) >= 11 is 0. The second kappa shape index (κ2) is 2.94. The van der Waals surface area contributed by atoms with E-state index in [-0.39, 0.29) is 0 Å².